The second kappa shape index (κ2) is 10.2. The first-order valence-corrected chi connectivity index (χ1v) is 9.46. The molecule has 6 heteroatoms. The van der Waals surface area contributed by atoms with Crippen LogP contribution < -0.4 is 5.32 Å². The van der Waals surface area contributed by atoms with E-state index in [0.717, 1.165) is 11.1 Å². The van der Waals surface area contributed by atoms with Crippen LogP contribution >= 0.6 is 0 Å². The molecule has 1 aromatic heterocycles. The molecular formula is C23H25N3O3. The van der Waals surface area contributed by atoms with Gasteiger partial charge in [-0.15, -0.1) is 0 Å². The third kappa shape index (κ3) is 5.52. The van der Waals surface area contributed by atoms with Crippen LogP contribution in [0.2, 0.25) is 0 Å². The molecule has 0 spiro atoms. The molecular weight excluding hydrogens is 366 g/mol. The van der Waals surface area contributed by atoms with E-state index in [1.54, 1.807) is 26.1 Å². The van der Waals surface area contributed by atoms with Crippen LogP contribution in [0.5, 0.6) is 0 Å². The lowest BCUT2D eigenvalue weighted by Gasteiger charge is -2.15. The summed E-state index contributed by atoms with van der Waals surface area (Å²) >= 11 is 0. The fourth-order valence-corrected chi connectivity index (χ4v) is 2.79. The molecule has 1 amide bonds. The van der Waals surface area contributed by atoms with Crippen LogP contribution in [-0.4, -0.2) is 24.0 Å². The smallest absolute Gasteiger partial charge is 0.335 e. The van der Waals surface area contributed by atoms with Gasteiger partial charge >= 0.3 is 5.97 Å². The van der Waals surface area contributed by atoms with E-state index in [-0.39, 0.29) is 18.2 Å². The monoisotopic (exact) mass is 391 g/mol. The Morgan fingerprint density at radius 3 is 2.48 bits per heavy atom. The average molecular weight is 391 g/mol. The number of allylic oxidation sites excluding steroid dienone is 1. The summed E-state index contributed by atoms with van der Waals surface area (Å²) in [5.41, 5.74) is 3.73. The van der Waals surface area contributed by atoms with Crippen LogP contribution in [0.4, 0.5) is 0 Å². The third-order valence-electron chi connectivity index (χ3n) is 4.48. The van der Waals surface area contributed by atoms with Crippen molar-refractivity contribution in [3.63, 3.8) is 0 Å². The molecule has 0 fully saturated rings. The number of pyridine rings is 1. The van der Waals surface area contributed by atoms with Crippen LogP contribution in [0.3, 0.4) is 0 Å². The quantitative estimate of drug-likeness (QED) is 0.573. The molecule has 0 bridgehead atoms. The molecule has 0 aliphatic carbocycles. The Morgan fingerprint density at radius 2 is 1.93 bits per heavy atom. The number of benzene rings is 1. The number of hydrogen-bond acceptors (Lipinski definition) is 5. The number of nitrogens with one attached hydrogen (secondary N) is 1. The van der Waals surface area contributed by atoms with Crippen LogP contribution in [-0.2, 0) is 20.7 Å². The van der Waals surface area contributed by atoms with E-state index in [9.17, 15) is 14.9 Å². The number of nitriles is 1. The van der Waals surface area contributed by atoms with Crippen molar-refractivity contribution >= 4 is 11.9 Å². The van der Waals surface area contributed by atoms with Gasteiger partial charge < -0.3 is 10.1 Å². The number of hydrogen-bond donors (Lipinski definition) is 1. The van der Waals surface area contributed by atoms with Crippen molar-refractivity contribution < 1.29 is 14.3 Å². The van der Waals surface area contributed by atoms with E-state index in [0.29, 0.717) is 28.9 Å². The van der Waals surface area contributed by atoms with Gasteiger partial charge in [0.05, 0.1) is 30.0 Å². The first-order valence-electron chi connectivity index (χ1n) is 9.46. The Hall–Kier alpha value is -3.46. The second-order valence-corrected chi connectivity index (χ2v) is 6.83. The molecule has 0 unspecified atom stereocenters. The Kier molecular flexibility index (Phi) is 7.67. The summed E-state index contributed by atoms with van der Waals surface area (Å²) in [6.07, 6.45) is 2.44. The number of nitrogens with zero attached hydrogens (tertiary/aromatic N) is 2. The Bertz CT molecular complexity index is 954. The van der Waals surface area contributed by atoms with Gasteiger partial charge in [0.2, 0.25) is 5.91 Å². The Balaban J connectivity index is 2.34. The predicted octanol–water partition coefficient (Wildman–Crippen LogP) is 3.77. The minimum atomic E-state index is -0.482. The van der Waals surface area contributed by atoms with Crippen molar-refractivity contribution in [2.75, 3.05) is 7.11 Å². The van der Waals surface area contributed by atoms with Crippen molar-refractivity contribution in [2.24, 2.45) is 5.92 Å². The van der Waals surface area contributed by atoms with E-state index >= 15 is 0 Å². The standard InChI is InChI=1S/C23H25N3O3/c1-5-20(26-22(27)15(2)3)19(23(28)29-4)12-16-10-11-21(25-14-16)18-9-7-6-8-17(18)13-24/h6-11,14-15H,5,12H2,1-4H3,(H,26,27)/b20-19-. The number of rotatable bonds is 7. The summed E-state index contributed by atoms with van der Waals surface area (Å²) in [5, 5.41) is 12.1. The Labute approximate surface area is 171 Å². The maximum absolute atomic E-state index is 12.4. The summed E-state index contributed by atoms with van der Waals surface area (Å²) in [7, 11) is 1.32. The normalized spacial score (nSPS) is 11.4. The van der Waals surface area contributed by atoms with Gasteiger partial charge in [-0.2, -0.15) is 5.26 Å². The summed E-state index contributed by atoms with van der Waals surface area (Å²) < 4.78 is 4.93. The zero-order chi connectivity index (χ0) is 21.4. The highest BCUT2D eigenvalue weighted by molar-refractivity contribution is 5.91. The van der Waals surface area contributed by atoms with E-state index < -0.39 is 5.97 Å². The van der Waals surface area contributed by atoms with Crippen molar-refractivity contribution in [2.45, 2.75) is 33.6 Å². The maximum Gasteiger partial charge on any atom is 0.335 e. The highest BCUT2D eigenvalue weighted by Gasteiger charge is 2.19. The number of methoxy groups -OCH3 is 1. The average Bonchev–Trinajstić information content (AvgIpc) is 2.75. The fourth-order valence-electron chi connectivity index (χ4n) is 2.79. The Morgan fingerprint density at radius 1 is 1.21 bits per heavy atom. The molecule has 150 valence electrons. The van der Waals surface area contributed by atoms with E-state index in [2.05, 4.69) is 16.4 Å². The number of aromatic nitrogens is 1. The van der Waals surface area contributed by atoms with Gasteiger partial charge in [0.15, 0.2) is 0 Å². The van der Waals surface area contributed by atoms with Crippen LogP contribution in [0, 0.1) is 17.2 Å². The molecule has 0 radical (unpaired) electrons. The van der Waals surface area contributed by atoms with Crippen molar-refractivity contribution in [3.05, 3.63) is 65.0 Å². The predicted molar refractivity (Wildman–Crippen MR) is 110 cm³/mol. The molecule has 1 heterocycles. The maximum atomic E-state index is 12.4. The molecule has 0 aliphatic heterocycles. The van der Waals surface area contributed by atoms with Gasteiger partial charge in [-0.1, -0.05) is 45.0 Å². The number of esters is 1. The lowest BCUT2D eigenvalue weighted by atomic mass is 10.0. The molecule has 1 N–H and O–H groups in total. The number of amides is 1. The van der Waals surface area contributed by atoms with E-state index in [1.165, 1.54) is 7.11 Å². The fraction of sp³-hybridized carbons (Fsp3) is 0.304. The number of carbonyl (C=O) groups is 2. The minimum Gasteiger partial charge on any atom is -0.466 e. The first-order chi connectivity index (χ1) is 13.9. The third-order valence-corrected chi connectivity index (χ3v) is 4.48. The van der Waals surface area contributed by atoms with Gasteiger partial charge in [0.1, 0.15) is 0 Å². The molecule has 29 heavy (non-hydrogen) atoms. The van der Waals surface area contributed by atoms with Crippen LogP contribution in [0.15, 0.2) is 53.9 Å². The van der Waals surface area contributed by atoms with Gasteiger partial charge in [-0.05, 0) is 24.1 Å². The van der Waals surface area contributed by atoms with Gasteiger partial charge in [-0.25, -0.2) is 4.79 Å². The molecule has 0 aliphatic rings. The summed E-state index contributed by atoms with van der Waals surface area (Å²) in [6.45, 7) is 5.46. The van der Waals surface area contributed by atoms with Crippen molar-refractivity contribution in [3.8, 4) is 17.3 Å². The molecule has 2 aromatic rings. The zero-order valence-corrected chi connectivity index (χ0v) is 17.2. The van der Waals surface area contributed by atoms with Crippen molar-refractivity contribution in [1.82, 2.24) is 10.3 Å². The highest BCUT2D eigenvalue weighted by atomic mass is 16.5. The molecule has 2 rings (SSSR count). The minimum absolute atomic E-state index is 0.148. The van der Waals surface area contributed by atoms with Gasteiger partial charge in [-0.3, -0.25) is 9.78 Å². The molecule has 1 aromatic carbocycles. The lowest BCUT2D eigenvalue weighted by molar-refractivity contribution is -0.136. The molecule has 0 saturated carbocycles. The van der Waals surface area contributed by atoms with Gasteiger partial charge in [0.25, 0.3) is 0 Å². The van der Waals surface area contributed by atoms with Crippen LogP contribution in [0.25, 0.3) is 11.3 Å². The summed E-state index contributed by atoms with van der Waals surface area (Å²) in [4.78, 5) is 28.9. The summed E-state index contributed by atoms with van der Waals surface area (Å²) in [5.74, 6) is -0.828. The van der Waals surface area contributed by atoms with E-state index in [1.807, 2.05) is 37.3 Å². The summed E-state index contributed by atoms with van der Waals surface area (Å²) in [6, 6.07) is 13.1. The zero-order valence-electron chi connectivity index (χ0n) is 17.2. The molecule has 0 saturated heterocycles. The SMILES string of the molecule is CC/C(NC(=O)C(C)C)=C(\Cc1ccc(-c2ccccc2C#N)nc1)C(=O)OC. The number of carbonyl (C=O) groups excluding carboxylic acids is 2. The number of ether oxygens (including phenoxy) is 1. The first kappa shape index (κ1) is 21.8. The topological polar surface area (TPSA) is 92.1 Å². The van der Waals surface area contributed by atoms with Gasteiger partial charge in [0, 0.05) is 29.8 Å². The molecule has 6 nitrogen and oxygen atoms in total. The lowest BCUT2D eigenvalue weighted by Crippen LogP contribution is -2.29. The van der Waals surface area contributed by atoms with Crippen LogP contribution in [0.1, 0.15) is 38.3 Å². The van der Waals surface area contributed by atoms with E-state index in [4.69, 9.17) is 4.74 Å². The molecule has 0 atom stereocenters. The van der Waals surface area contributed by atoms with Crippen molar-refractivity contribution in [1.29, 1.82) is 5.26 Å². The highest BCUT2D eigenvalue weighted by Crippen LogP contribution is 2.22. The second-order valence-electron chi connectivity index (χ2n) is 6.83. The largest absolute Gasteiger partial charge is 0.466 e.